The molecule has 1 aliphatic rings. The number of aryl methyl sites for hydroxylation is 2. The average molecular weight is 451 g/mol. The first-order valence-corrected chi connectivity index (χ1v) is 11.1. The summed E-state index contributed by atoms with van der Waals surface area (Å²) in [5, 5.41) is 2.95. The van der Waals surface area contributed by atoms with Gasteiger partial charge in [-0.25, -0.2) is 8.42 Å². The Labute approximate surface area is 169 Å². The highest BCUT2D eigenvalue weighted by Crippen LogP contribution is 2.26. The van der Waals surface area contributed by atoms with Crippen LogP contribution in [0.2, 0.25) is 0 Å². The highest BCUT2D eigenvalue weighted by Gasteiger charge is 2.33. The van der Waals surface area contributed by atoms with Crippen LogP contribution < -0.4 is 5.32 Å². The highest BCUT2D eigenvalue weighted by molar-refractivity contribution is 9.10. The molecule has 1 N–H and O–H groups in total. The Hall–Kier alpha value is -1.70. The summed E-state index contributed by atoms with van der Waals surface area (Å²) in [7, 11) is -3.60. The molecule has 0 radical (unpaired) electrons. The van der Waals surface area contributed by atoms with Crippen LogP contribution in [0.4, 0.5) is 5.69 Å². The van der Waals surface area contributed by atoms with Crippen LogP contribution >= 0.6 is 15.9 Å². The van der Waals surface area contributed by atoms with Gasteiger partial charge in [0.25, 0.3) is 0 Å². The van der Waals surface area contributed by atoms with Crippen molar-refractivity contribution in [2.75, 3.05) is 18.4 Å². The lowest BCUT2D eigenvalue weighted by Gasteiger charge is -2.31. The van der Waals surface area contributed by atoms with Crippen LogP contribution in [-0.4, -0.2) is 31.7 Å². The van der Waals surface area contributed by atoms with Gasteiger partial charge < -0.3 is 5.32 Å². The van der Waals surface area contributed by atoms with E-state index in [0.29, 0.717) is 19.4 Å². The molecular formula is C20H23BrN2O3S. The maximum atomic E-state index is 12.9. The number of hydrogen-bond donors (Lipinski definition) is 1. The molecule has 1 fully saturated rings. The Morgan fingerprint density at radius 2 is 1.74 bits per heavy atom. The lowest BCUT2D eigenvalue weighted by atomic mass is 9.98. The number of hydrogen-bond acceptors (Lipinski definition) is 3. The molecule has 7 heteroatoms. The van der Waals surface area contributed by atoms with Gasteiger partial charge in [-0.3, -0.25) is 4.79 Å². The fourth-order valence-electron chi connectivity index (χ4n) is 3.42. The minimum atomic E-state index is -3.60. The molecule has 5 nitrogen and oxygen atoms in total. The van der Waals surface area contributed by atoms with Gasteiger partial charge in [0.15, 0.2) is 0 Å². The number of anilines is 1. The molecule has 1 aliphatic heterocycles. The summed E-state index contributed by atoms with van der Waals surface area (Å²) < 4.78 is 28.0. The summed E-state index contributed by atoms with van der Waals surface area (Å²) in [6.45, 7) is 4.60. The Morgan fingerprint density at radius 3 is 2.37 bits per heavy atom. The van der Waals surface area contributed by atoms with E-state index >= 15 is 0 Å². The first-order chi connectivity index (χ1) is 12.8. The van der Waals surface area contributed by atoms with E-state index < -0.39 is 10.0 Å². The van der Waals surface area contributed by atoms with Gasteiger partial charge in [-0.15, -0.1) is 0 Å². The molecule has 3 rings (SSSR count). The summed E-state index contributed by atoms with van der Waals surface area (Å²) in [5.74, 6) is -0.486. The van der Waals surface area contributed by atoms with Gasteiger partial charge in [0.1, 0.15) is 0 Å². The van der Waals surface area contributed by atoms with Gasteiger partial charge in [-0.05, 0) is 74.2 Å². The number of amides is 1. The number of carbonyl (C=O) groups excluding carboxylic acids is 1. The standard InChI is InChI=1S/C20H23BrN2O3S/c1-14-10-15(2)12-18(11-14)22-20(24)16-4-3-9-23(13-16)27(25,26)19-7-5-17(21)6-8-19/h5-8,10-12,16H,3-4,9,13H2,1-2H3,(H,22,24). The summed E-state index contributed by atoms with van der Waals surface area (Å²) in [4.78, 5) is 13.0. The Balaban J connectivity index is 1.73. The van der Waals surface area contributed by atoms with Crippen LogP contribution in [0.15, 0.2) is 51.8 Å². The Kier molecular flexibility index (Phi) is 6.03. The zero-order valence-corrected chi connectivity index (χ0v) is 17.8. The number of nitrogens with zero attached hydrogens (tertiary/aromatic N) is 1. The number of benzene rings is 2. The lowest BCUT2D eigenvalue weighted by molar-refractivity contribution is -0.120. The topological polar surface area (TPSA) is 66.5 Å². The van der Waals surface area contributed by atoms with Crippen molar-refractivity contribution < 1.29 is 13.2 Å². The molecule has 2 aromatic carbocycles. The predicted molar refractivity (Wildman–Crippen MR) is 110 cm³/mol. The first kappa shape index (κ1) is 20.0. The van der Waals surface area contributed by atoms with Crippen molar-refractivity contribution in [2.45, 2.75) is 31.6 Å². The Morgan fingerprint density at radius 1 is 1.11 bits per heavy atom. The van der Waals surface area contributed by atoms with E-state index in [1.54, 1.807) is 24.3 Å². The molecule has 144 valence electrons. The average Bonchev–Trinajstić information content (AvgIpc) is 2.61. The molecule has 1 amide bonds. The van der Waals surface area contributed by atoms with Gasteiger partial charge in [0.2, 0.25) is 15.9 Å². The van der Waals surface area contributed by atoms with Gasteiger partial charge in [0, 0.05) is 23.2 Å². The van der Waals surface area contributed by atoms with Crippen molar-refractivity contribution in [1.82, 2.24) is 4.31 Å². The third-order valence-electron chi connectivity index (χ3n) is 4.70. The molecule has 27 heavy (non-hydrogen) atoms. The molecular weight excluding hydrogens is 428 g/mol. The molecule has 0 aliphatic carbocycles. The van der Waals surface area contributed by atoms with Crippen LogP contribution in [0.5, 0.6) is 0 Å². The second-order valence-electron chi connectivity index (χ2n) is 7.02. The maximum Gasteiger partial charge on any atom is 0.243 e. The van der Waals surface area contributed by atoms with Crippen molar-refractivity contribution in [3.05, 3.63) is 58.1 Å². The largest absolute Gasteiger partial charge is 0.326 e. The number of piperidine rings is 1. The summed E-state index contributed by atoms with van der Waals surface area (Å²) in [5.41, 5.74) is 2.91. The molecule has 0 bridgehead atoms. The summed E-state index contributed by atoms with van der Waals surface area (Å²) in [6.07, 6.45) is 1.35. The fourth-order valence-corrected chi connectivity index (χ4v) is 5.21. The molecule has 2 aromatic rings. The fraction of sp³-hybridized carbons (Fsp3) is 0.350. The molecule has 1 atom stereocenters. The molecule has 0 saturated carbocycles. The van der Waals surface area contributed by atoms with E-state index in [4.69, 9.17) is 0 Å². The van der Waals surface area contributed by atoms with Crippen LogP contribution in [0.1, 0.15) is 24.0 Å². The zero-order chi connectivity index (χ0) is 19.6. The van der Waals surface area contributed by atoms with Gasteiger partial charge in [0.05, 0.1) is 10.8 Å². The Bertz CT molecular complexity index is 922. The van der Waals surface area contributed by atoms with E-state index in [-0.39, 0.29) is 23.3 Å². The smallest absolute Gasteiger partial charge is 0.243 e. The molecule has 0 spiro atoms. The van der Waals surface area contributed by atoms with Gasteiger partial charge >= 0.3 is 0 Å². The van der Waals surface area contributed by atoms with Crippen molar-refractivity contribution in [3.8, 4) is 0 Å². The van der Waals surface area contributed by atoms with Crippen molar-refractivity contribution in [3.63, 3.8) is 0 Å². The maximum absolute atomic E-state index is 12.9. The van der Waals surface area contributed by atoms with Crippen LogP contribution in [0.25, 0.3) is 0 Å². The van der Waals surface area contributed by atoms with E-state index in [2.05, 4.69) is 21.2 Å². The molecule has 0 aromatic heterocycles. The zero-order valence-electron chi connectivity index (χ0n) is 15.4. The second-order valence-corrected chi connectivity index (χ2v) is 9.88. The SMILES string of the molecule is Cc1cc(C)cc(NC(=O)C2CCCN(S(=O)(=O)c3ccc(Br)cc3)C2)c1. The number of sulfonamides is 1. The number of rotatable bonds is 4. The minimum absolute atomic E-state index is 0.129. The quantitative estimate of drug-likeness (QED) is 0.761. The van der Waals surface area contributed by atoms with Crippen molar-refractivity contribution in [1.29, 1.82) is 0 Å². The molecule has 1 unspecified atom stereocenters. The number of nitrogens with one attached hydrogen (secondary N) is 1. The van der Waals surface area contributed by atoms with E-state index in [1.807, 2.05) is 32.0 Å². The van der Waals surface area contributed by atoms with E-state index in [0.717, 1.165) is 21.3 Å². The van der Waals surface area contributed by atoms with Crippen molar-refractivity contribution in [2.24, 2.45) is 5.92 Å². The lowest BCUT2D eigenvalue weighted by Crippen LogP contribution is -2.43. The molecule has 1 saturated heterocycles. The highest BCUT2D eigenvalue weighted by atomic mass is 79.9. The summed E-state index contributed by atoms with van der Waals surface area (Å²) >= 11 is 3.32. The monoisotopic (exact) mass is 450 g/mol. The summed E-state index contributed by atoms with van der Waals surface area (Å²) in [6, 6.07) is 12.5. The van der Waals surface area contributed by atoms with Crippen LogP contribution in [0, 0.1) is 19.8 Å². The van der Waals surface area contributed by atoms with Crippen molar-refractivity contribution >= 4 is 37.5 Å². The minimum Gasteiger partial charge on any atom is -0.326 e. The van der Waals surface area contributed by atoms with Gasteiger partial charge in [-0.1, -0.05) is 22.0 Å². The third kappa shape index (κ3) is 4.78. The second kappa shape index (κ2) is 8.12. The first-order valence-electron chi connectivity index (χ1n) is 8.90. The van der Waals surface area contributed by atoms with Crippen LogP contribution in [-0.2, 0) is 14.8 Å². The predicted octanol–water partition coefficient (Wildman–Crippen LogP) is 4.11. The number of carbonyl (C=O) groups is 1. The number of halogens is 1. The molecule has 1 heterocycles. The van der Waals surface area contributed by atoms with Crippen LogP contribution in [0.3, 0.4) is 0 Å². The van der Waals surface area contributed by atoms with E-state index in [9.17, 15) is 13.2 Å². The normalized spacial score (nSPS) is 18.3. The van der Waals surface area contributed by atoms with Gasteiger partial charge in [-0.2, -0.15) is 4.31 Å². The third-order valence-corrected chi connectivity index (χ3v) is 7.10. The van der Waals surface area contributed by atoms with E-state index in [1.165, 1.54) is 4.31 Å².